The number of allylic oxidation sites excluding steroid dienone is 2. The maximum absolute atomic E-state index is 12.9. The molecule has 35 heavy (non-hydrogen) atoms. The Labute approximate surface area is 206 Å². The number of ether oxygens (including phenoxy) is 5. The van der Waals surface area contributed by atoms with E-state index >= 15 is 0 Å². The van der Waals surface area contributed by atoms with Gasteiger partial charge in [0.05, 0.1) is 31.9 Å². The highest BCUT2D eigenvalue weighted by Gasteiger charge is 2.31. The topological polar surface area (TPSA) is 75.6 Å². The Balaban J connectivity index is 1.69. The number of methoxy groups -OCH3 is 3. The summed E-state index contributed by atoms with van der Waals surface area (Å²) in [4.78, 5) is 17.5. The average Bonchev–Trinajstić information content (AvgIpc) is 3.28. The molecule has 0 N–H and O–H groups in total. The number of para-hydroxylation sites is 1. The van der Waals surface area contributed by atoms with Gasteiger partial charge in [-0.05, 0) is 36.4 Å². The van der Waals surface area contributed by atoms with Crippen molar-refractivity contribution in [3.05, 3.63) is 94.1 Å². The van der Waals surface area contributed by atoms with Crippen LogP contribution in [0.4, 0.5) is 0 Å². The van der Waals surface area contributed by atoms with Crippen LogP contribution in [0.5, 0.6) is 23.0 Å². The van der Waals surface area contributed by atoms with E-state index in [-0.39, 0.29) is 11.6 Å². The van der Waals surface area contributed by atoms with Gasteiger partial charge in [-0.1, -0.05) is 41.9 Å². The number of carbonyl (C=O) groups excluding carboxylic acids is 1. The number of hydrogen-bond acceptors (Lipinski definition) is 7. The zero-order valence-corrected chi connectivity index (χ0v) is 19.9. The van der Waals surface area contributed by atoms with Gasteiger partial charge in [-0.3, -0.25) is 0 Å². The molecule has 0 atom stereocenters. The summed E-state index contributed by atoms with van der Waals surface area (Å²) in [6.07, 6.45) is 1.75. The van der Waals surface area contributed by atoms with Crippen LogP contribution in [-0.2, 0) is 9.53 Å². The van der Waals surface area contributed by atoms with Gasteiger partial charge in [0.1, 0.15) is 11.5 Å². The maximum atomic E-state index is 12.9. The second kappa shape index (κ2) is 9.19. The van der Waals surface area contributed by atoms with Crippen molar-refractivity contribution in [2.24, 2.45) is 4.99 Å². The Morgan fingerprint density at radius 1 is 0.829 bits per heavy atom. The molecule has 0 bridgehead atoms. The molecule has 0 aromatic heterocycles. The summed E-state index contributed by atoms with van der Waals surface area (Å²) in [5, 5.41) is 0.436. The lowest BCUT2D eigenvalue weighted by atomic mass is 9.97. The first kappa shape index (κ1) is 22.6. The molecular formula is C27H20ClNO6. The fourth-order valence-corrected chi connectivity index (χ4v) is 4.14. The van der Waals surface area contributed by atoms with Gasteiger partial charge in [-0.25, -0.2) is 9.79 Å². The first-order valence-corrected chi connectivity index (χ1v) is 11.0. The lowest BCUT2D eigenvalue weighted by Crippen LogP contribution is -2.09. The third kappa shape index (κ3) is 4.00. The highest BCUT2D eigenvalue weighted by atomic mass is 35.5. The fourth-order valence-electron chi connectivity index (χ4n) is 3.92. The van der Waals surface area contributed by atoms with Crippen molar-refractivity contribution in [1.29, 1.82) is 0 Å². The minimum Gasteiger partial charge on any atom is -0.493 e. The van der Waals surface area contributed by atoms with E-state index in [4.69, 9.17) is 35.3 Å². The van der Waals surface area contributed by atoms with E-state index < -0.39 is 5.97 Å². The summed E-state index contributed by atoms with van der Waals surface area (Å²) in [6, 6.07) is 18.0. The zero-order valence-electron chi connectivity index (χ0n) is 19.1. The molecule has 8 heteroatoms. The van der Waals surface area contributed by atoms with Gasteiger partial charge in [0.2, 0.25) is 11.6 Å². The number of nitrogens with zero attached hydrogens (tertiary/aromatic N) is 1. The third-order valence-corrected chi connectivity index (χ3v) is 5.91. The number of halogens is 1. The van der Waals surface area contributed by atoms with Crippen LogP contribution < -0.4 is 18.9 Å². The van der Waals surface area contributed by atoms with Crippen molar-refractivity contribution >= 4 is 34.8 Å². The third-order valence-electron chi connectivity index (χ3n) is 5.58. The first-order valence-electron chi connectivity index (χ1n) is 10.6. The largest absolute Gasteiger partial charge is 0.493 e. The van der Waals surface area contributed by atoms with Crippen molar-refractivity contribution in [2.75, 3.05) is 21.3 Å². The first-order chi connectivity index (χ1) is 17.0. The van der Waals surface area contributed by atoms with Crippen molar-refractivity contribution in [3.8, 4) is 23.0 Å². The number of aliphatic imine (C=N–C) groups is 1. The summed E-state index contributed by atoms with van der Waals surface area (Å²) in [5.74, 6) is 2.01. The standard InChI is InChI=1S/C27H20ClNO6/c1-31-22-12-15(13-23(32-2)25(22)33-3)21-14-18(16-8-5-7-11-20(16)34-21)24-27(30)35-26(29-24)17-9-4-6-10-19(17)28/h4-14H,1-3H3. The van der Waals surface area contributed by atoms with Crippen molar-refractivity contribution < 1.29 is 28.5 Å². The number of benzene rings is 3. The molecule has 2 aliphatic rings. The van der Waals surface area contributed by atoms with E-state index in [9.17, 15) is 4.79 Å². The van der Waals surface area contributed by atoms with Gasteiger partial charge in [0.25, 0.3) is 0 Å². The highest BCUT2D eigenvalue weighted by molar-refractivity contribution is 6.34. The van der Waals surface area contributed by atoms with Gasteiger partial charge in [0.15, 0.2) is 17.2 Å². The lowest BCUT2D eigenvalue weighted by molar-refractivity contribution is -0.129. The Kier molecular flexibility index (Phi) is 5.93. The van der Waals surface area contributed by atoms with Crippen LogP contribution in [0.15, 0.2) is 77.4 Å². The summed E-state index contributed by atoms with van der Waals surface area (Å²) in [7, 11) is 4.62. The van der Waals surface area contributed by atoms with Crippen LogP contribution in [0.2, 0.25) is 5.02 Å². The molecule has 2 heterocycles. The molecule has 0 unspecified atom stereocenters. The summed E-state index contributed by atoms with van der Waals surface area (Å²) < 4.78 is 28.1. The molecule has 3 aromatic carbocycles. The Morgan fingerprint density at radius 3 is 2.14 bits per heavy atom. The van der Waals surface area contributed by atoms with E-state index in [1.54, 1.807) is 56.7 Å². The molecular weight excluding hydrogens is 470 g/mol. The van der Waals surface area contributed by atoms with E-state index in [0.29, 0.717) is 56.0 Å². The van der Waals surface area contributed by atoms with Gasteiger partial charge in [0, 0.05) is 16.7 Å². The maximum Gasteiger partial charge on any atom is 0.364 e. The predicted octanol–water partition coefficient (Wildman–Crippen LogP) is 5.51. The van der Waals surface area contributed by atoms with E-state index in [2.05, 4.69) is 4.99 Å². The molecule has 2 aliphatic heterocycles. The minimum atomic E-state index is -0.577. The molecule has 0 spiro atoms. The highest BCUT2D eigenvalue weighted by Crippen LogP contribution is 2.44. The second-order valence-electron chi connectivity index (χ2n) is 7.57. The molecule has 3 aromatic rings. The average molecular weight is 490 g/mol. The van der Waals surface area contributed by atoms with Crippen molar-refractivity contribution in [3.63, 3.8) is 0 Å². The second-order valence-corrected chi connectivity index (χ2v) is 7.98. The Bertz CT molecular complexity index is 1410. The van der Waals surface area contributed by atoms with Crippen LogP contribution >= 0.6 is 11.6 Å². The molecule has 0 aliphatic carbocycles. The minimum absolute atomic E-state index is 0.148. The summed E-state index contributed by atoms with van der Waals surface area (Å²) in [5.41, 5.74) is 2.61. The predicted molar refractivity (Wildman–Crippen MR) is 132 cm³/mol. The molecule has 0 amide bonds. The van der Waals surface area contributed by atoms with Crippen LogP contribution in [0.1, 0.15) is 16.7 Å². The van der Waals surface area contributed by atoms with Gasteiger partial charge < -0.3 is 23.7 Å². The zero-order chi connectivity index (χ0) is 24.5. The monoisotopic (exact) mass is 489 g/mol. The quantitative estimate of drug-likeness (QED) is 0.347. The van der Waals surface area contributed by atoms with E-state index in [1.807, 2.05) is 24.3 Å². The van der Waals surface area contributed by atoms with Crippen molar-refractivity contribution in [2.45, 2.75) is 0 Å². The molecule has 0 saturated heterocycles. The molecule has 176 valence electrons. The lowest BCUT2D eigenvalue weighted by Gasteiger charge is -2.22. The van der Waals surface area contributed by atoms with Gasteiger partial charge in [-0.15, -0.1) is 0 Å². The summed E-state index contributed by atoms with van der Waals surface area (Å²) in [6.45, 7) is 0. The molecule has 0 fully saturated rings. The number of carbonyl (C=O) groups is 1. The molecule has 5 rings (SSSR count). The van der Waals surface area contributed by atoms with E-state index in [0.717, 1.165) is 0 Å². The molecule has 0 saturated carbocycles. The number of esters is 1. The molecule has 0 radical (unpaired) electrons. The van der Waals surface area contributed by atoms with Gasteiger partial charge in [-0.2, -0.15) is 0 Å². The number of rotatable bonds is 5. The Morgan fingerprint density at radius 2 is 1.49 bits per heavy atom. The summed E-state index contributed by atoms with van der Waals surface area (Å²) >= 11 is 6.30. The molecule has 7 nitrogen and oxygen atoms in total. The Hall–Kier alpha value is -4.23. The van der Waals surface area contributed by atoms with E-state index in [1.165, 1.54) is 7.11 Å². The van der Waals surface area contributed by atoms with Crippen LogP contribution in [-0.4, -0.2) is 33.2 Å². The smallest absolute Gasteiger partial charge is 0.364 e. The van der Waals surface area contributed by atoms with Crippen LogP contribution in [0.25, 0.3) is 11.3 Å². The SMILES string of the molecule is COc1cc(C2=CC(=C3N=C(c4ccccc4Cl)OC3=O)c3ccccc3O2)cc(OC)c1OC. The number of hydrogen-bond donors (Lipinski definition) is 0. The van der Waals surface area contributed by atoms with Crippen LogP contribution in [0, 0.1) is 0 Å². The van der Waals surface area contributed by atoms with Crippen LogP contribution in [0.3, 0.4) is 0 Å². The normalized spacial score (nSPS) is 16.5. The number of fused-ring (bicyclic) bond motifs is 1. The fraction of sp³-hybridized carbons (Fsp3) is 0.111. The number of cyclic esters (lactones) is 1. The van der Waals surface area contributed by atoms with Gasteiger partial charge >= 0.3 is 5.97 Å². The van der Waals surface area contributed by atoms with Crippen molar-refractivity contribution in [1.82, 2.24) is 0 Å².